The Bertz CT molecular complexity index is 493. The van der Waals surface area contributed by atoms with Gasteiger partial charge >= 0.3 is 0 Å². The Morgan fingerprint density at radius 3 is 0.812 bits per heavy atom. The van der Waals surface area contributed by atoms with Crippen LogP contribution in [0.25, 0.3) is 0 Å². The van der Waals surface area contributed by atoms with Crippen molar-refractivity contribution in [3.05, 3.63) is 46.6 Å². The lowest BCUT2D eigenvalue weighted by atomic mass is 10.0. The van der Waals surface area contributed by atoms with Gasteiger partial charge in [0.15, 0.2) is 0 Å². The van der Waals surface area contributed by atoms with E-state index in [1.54, 1.807) is 0 Å². The highest BCUT2D eigenvalue weighted by atomic mass is 14.3. The average molecular weight is 204 g/mol. The molecule has 4 nitrogen and oxygen atoms in total. The summed E-state index contributed by atoms with van der Waals surface area (Å²) < 4.78 is 0. The lowest BCUT2D eigenvalue weighted by Gasteiger charge is -1.98. The second-order valence-electron chi connectivity index (χ2n) is 2.77. The molecule has 0 saturated carbocycles. The van der Waals surface area contributed by atoms with E-state index in [1.165, 1.54) is 24.3 Å². The number of allylic oxidation sites excluding steroid dienone is 8. The highest BCUT2D eigenvalue weighted by Crippen LogP contribution is 2.15. The molecule has 1 aliphatic rings. The van der Waals surface area contributed by atoms with Crippen LogP contribution >= 0.6 is 0 Å². The number of hydrogen-bond donors (Lipinski definition) is 0. The molecular weight excluding hydrogens is 200 g/mol. The molecule has 0 fully saturated rings. The van der Waals surface area contributed by atoms with Crippen molar-refractivity contribution in [1.29, 1.82) is 21.0 Å². The van der Waals surface area contributed by atoms with Crippen LogP contribution in [0, 0.1) is 45.3 Å². The van der Waals surface area contributed by atoms with Crippen LogP contribution in [-0.4, -0.2) is 0 Å². The zero-order chi connectivity index (χ0) is 12.0. The summed E-state index contributed by atoms with van der Waals surface area (Å²) in [5.41, 5.74) is 0.680. The number of nitriles is 4. The molecule has 0 aromatic rings. The summed E-state index contributed by atoms with van der Waals surface area (Å²) in [6.07, 6.45) is 5.44. The topological polar surface area (TPSA) is 95.2 Å². The van der Waals surface area contributed by atoms with Gasteiger partial charge in [-0.05, 0) is 24.3 Å². The van der Waals surface area contributed by atoms with Gasteiger partial charge in [0.1, 0.15) is 24.3 Å². The van der Waals surface area contributed by atoms with Crippen LogP contribution < -0.4 is 0 Å². The molecule has 0 N–H and O–H groups in total. The Balaban J connectivity index is 3.42. The lowest BCUT2D eigenvalue weighted by molar-refractivity contribution is 1.40. The summed E-state index contributed by atoms with van der Waals surface area (Å²) >= 11 is 0. The number of hydrogen-bond acceptors (Lipinski definition) is 4. The third-order valence-corrected chi connectivity index (χ3v) is 1.90. The average Bonchev–Trinajstić information content (AvgIpc) is 2.30. The van der Waals surface area contributed by atoms with Crippen LogP contribution in [0.3, 0.4) is 0 Å². The standard InChI is InChI=1S/C12H4N4/c13-5-9-1-2-10(6-14)12(8-16)4-3-11(9)7-15/h1-4H/b2-1-,4-3-,9-1?,10-2?,11-3?,11-9-,12-4?,12-10-. The molecule has 0 aromatic heterocycles. The van der Waals surface area contributed by atoms with Crippen molar-refractivity contribution in [2.24, 2.45) is 0 Å². The van der Waals surface area contributed by atoms with E-state index in [0.29, 0.717) is 0 Å². The van der Waals surface area contributed by atoms with Gasteiger partial charge < -0.3 is 0 Å². The van der Waals surface area contributed by atoms with Gasteiger partial charge in [-0.1, -0.05) is 0 Å². The first-order chi connectivity index (χ1) is 7.76. The Morgan fingerprint density at radius 1 is 0.500 bits per heavy atom. The Labute approximate surface area is 92.6 Å². The van der Waals surface area contributed by atoms with Crippen LogP contribution in [0.15, 0.2) is 46.6 Å². The molecule has 0 radical (unpaired) electrons. The van der Waals surface area contributed by atoms with E-state index in [1.807, 2.05) is 24.3 Å². The minimum atomic E-state index is 0.170. The fourth-order valence-electron chi connectivity index (χ4n) is 1.08. The maximum atomic E-state index is 8.78. The summed E-state index contributed by atoms with van der Waals surface area (Å²) in [6, 6.07) is 7.42. The molecule has 0 atom stereocenters. The lowest BCUT2D eigenvalue weighted by Crippen LogP contribution is -1.88. The summed E-state index contributed by atoms with van der Waals surface area (Å²) in [5.74, 6) is 0. The van der Waals surface area contributed by atoms with E-state index in [2.05, 4.69) is 0 Å². The van der Waals surface area contributed by atoms with Crippen molar-refractivity contribution in [3.63, 3.8) is 0 Å². The molecule has 16 heavy (non-hydrogen) atoms. The van der Waals surface area contributed by atoms with Crippen molar-refractivity contribution >= 4 is 0 Å². The second kappa shape index (κ2) is 4.97. The van der Waals surface area contributed by atoms with Crippen molar-refractivity contribution < 1.29 is 0 Å². The molecule has 0 heterocycles. The molecule has 0 aromatic carbocycles. The Hall–Kier alpha value is -3.08. The van der Waals surface area contributed by atoms with Crippen molar-refractivity contribution in [2.45, 2.75) is 0 Å². The molecular formula is C12H4N4. The van der Waals surface area contributed by atoms with Gasteiger partial charge in [0, 0.05) is 0 Å². The maximum Gasteiger partial charge on any atom is 0.101 e. The van der Waals surface area contributed by atoms with Crippen molar-refractivity contribution in [3.8, 4) is 24.3 Å². The van der Waals surface area contributed by atoms with E-state index in [4.69, 9.17) is 21.0 Å². The van der Waals surface area contributed by atoms with Gasteiger partial charge in [0.25, 0.3) is 0 Å². The summed E-state index contributed by atoms with van der Waals surface area (Å²) in [7, 11) is 0. The molecule has 1 rings (SSSR count). The van der Waals surface area contributed by atoms with Crippen LogP contribution in [-0.2, 0) is 0 Å². The summed E-state index contributed by atoms with van der Waals surface area (Å²) in [4.78, 5) is 0. The molecule has 72 valence electrons. The third-order valence-electron chi connectivity index (χ3n) is 1.90. The second-order valence-corrected chi connectivity index (χ2v) is 2.77. The molecule has 4 heteroatoms. The molecule has 0 saturated heterocycles. The SMILES string of the molecule is N#CC1=C(C#N)/C=C\C(C#N)=C(C#N)/C=C\1. The van der Waals surface area contributed by atoms with Gasteiger partial charge in [-0.15, -0.1) is 0 Å². The van der Waals surface area contributed by atoms with Crippen LogP contribution in [0.1, 0.15) is 0 Å². The predicted molar refractivity (Wildman–Crippen MR) is 54.8 cm³/mol. The third kappa shape index (κ3) is 2.05. The summed E-state index contributed by atoms with van der Waals surface area (Å²) in [6.45, 7) is 0. The normalized spacial score (nSPS) is 27.2. The maximum absolute atomic E-state index is 8.78. The van der Waals surface area contributed by atoms with Crippen molar-refractivity contribution in [2.75, 3.05) is 0 Å². The van der Waals surface area contributed by atoms with Crippen molar-refractivity contribution in [1.82, 2.24) is 0 Å². The minimum absolute atomic E-state index is 0.170. The van der Waals surface area contributed by atoms with E-state index in [0.717, 1.165) is 0 Å². The molecule has 1 aliphatic carbocycles. The smallest absolute Gasteiger partial charge is 0.101 e. The van der Waals surface area contributed by atoms with E-state index in [9.17, 15) is 0 Å². The predicted octanol–water partition coefficient (Wildman–Crippen LogP) is 1.80. The highest BCUT2D eigenvalue weighted by molar-refractivity contribution is 5.59. The fraction of sp³-hybridized carbons (Fsp3) is 0. The zero-order valence-electron chi connectivity index (χ0n) is 8.10. The first-order valence-electron chi connectivity index (χ1n) is 4.22. The molecule has 0 amide bonds. The monoisotopic (exact) mass is 204 g/mol. The Morgan fingerprint density at radius 2 is 0.688 bits per heavy atom. The van der Waals surface area contributed by atoms with Gasteiger partial charge in [-0.3, -0.25) is 0 Å². The van der Waals surface area contributed by atoms with Gasteiger partial charge in [-0.2, -0.15) is 21.0 Å². The quantitative estimate of drug-likeness (QED) is 0.600. The van der Waals surface area contributed by atoms with Gasteiger partial charge in [-0.25, -0.2) is 0 Å². The van der Waals surface area contributed by atoms with E-state index in [-0.39, 0.29) is 22.3 Å². The fourth-order valence-corrected chi connectivity index (χ4v) is 1.08. The number of rotatable bonds is 0. The highest BCUT2D eigenvalue weighted by Gasteiger charge is 2.06. The summed E-state index contributed by atoms with van der Waals surface area (Å²) in [5, 5.41) is 35.1. The van der Waals surface area contributed by atoms with E-state index < -0.39 is 0 Å². The van der Waals surface area contributed by atoms with Crippen LogP contribution in [0.5, 0.6) is 0 Å². The largest absolute Gasteiger partial charge is 0.192 e. The first-order valence-corrected chi connectivity index (χ1v) is 4.22. The number of nitrogens with zero attached hydrogens (tertiary/aromatic N) is 4. The molecule has 0 bridgehead atoms. The van der Waals surface area contributed by atoms with E-state index >= 15 is 0 Å². The van der Waals surface area contributed by atoms with Crippen LogP contribution in [0.4, 0.5) is 0 Å². The van der Waals surface area contributed by atoms with Gasteiger partial charge in [0.2, 0.25) is 0 Å². The molecule has 0 unspecified atom stereocenters. The molecule has 0 aliphatic heterocycles. The molecule has 0 spiro atoms. The van der Waals surface area contributed by atoms with Gasteiger partial charge in [0.05, 0.1) is 22.3 Å². The Kier molecular flexibility index (Phi) is 3.41. The van der Waals surface area contributed by atoms with Crippen LogP contribution in [0.2, 0.25) is 0 Å². The first kappa shape index (κ1) is 11.0. The minimum Gasteiger partial charge on any atom is -0.192 e. The zero-order valence-corrected chi connectivity index (χ0v) is 8.10.